The summed E-state index contributed by atoms with van der Waals surface area (Å²) in [6.07, 6.45) is 1.99. The van der Waals surface area contributed by atoms with Crippen LogP contribution in [0.15, 0.2) is 66.9 Å². The van der Waals surface area contributed by atoms with Gasteiger partial charge in [-0.05, 0) is 42.5 Å². The predicted octanol–water partition coefficient (Wildman–Crippen LogP) is 4.67. The van der Waals surface area contributed by atoms with Crippen molar-refractivity contribution < 1.29 is 4.79 Å². The number of aromatic nitrogens is 2. The van der Waals surface area contributed by atoms with E-state index in [4.69, 9.17) is 11.6 Å². The zero-order valence-electron chi connectivity index (χ0n) is 13.1. The van der Waals surface area contributed by atoms with Gasteiger partial charge in [0.15, 0.2) is 4.47 Å². The van der Waals surface area contributed by atoms with Gasteiger partial charge in [-0.15, -0.1) is 11.3 Å². The Kier molecular flexibility index (Phi) is 4.26. The van der Waals surface area contributed by atoms with Crippen molar-refractivity contribution in [2.24, 2.45) is 0 Å². The zero-order chi connectivity index (χ0) is 17.2. The molecule has 4 rings (SSSR count). The van der Waals surface area contributed by atoms with Crippen LogP contribution in [0.3, 0.4) is 0 Å². The molecule has 0 aliphatic rings. The van der Waals surface area contributed by atoms with Crippen molar-refractivity contribution in [3.05, 3.63) is 82.6 Å². The highest BCUT2D eigenvalue weighted by atomic mass is 35.5. The Bertz CT molecular complexity index is 1040. The van der Waals surface area contributed by atoms with Gasteiger partial charge in [0.1, 0.15) is 0 Å². The Hall–Kier alpha value is -2.63. The summed E-state index contributed by atoms with van der Waals surface area (Å²) in [5, 5.41) is 2.97. The van der Waals surface area contributed by atoms with Crippen LogP contribution < -0.4 is 5.32 Å². The molecule has 4 nitrogen and oxygen atoms in total. The van der Waals surface area contributed by atoms with E-state index in [0.29, 0.717) is 16.6 Å². The molecule has 0 aliphatic carbocycles. The highest BCUT2D eigenvalue weighted by molar-refractivity contribution is 7.22. The van der Waals surface area contributed by atoms with Crippen molar-refractivity contribution in [3.8, 4) is 5.69 Å². The smallest absolute Gasteiger partial charge is 0.251 e. The number of hydrogen-bond donors (Lipinski definition) is 1. The van der Waals surface area contributed by atoms with Crippen LogP contribution in [0.5, 0.6) is 0 Å². The third-order valence-corrected chi connectivity index (χ3v) is 5.06. The molecule has 124 valence electrons. The van der Waals surface area contributed by atoms with Gasteiger partial charge in [-0.25, -0.2) is 4.98 Å². The number of amides is 1. The Morgan fingerprint density at radius 2 is 1.96 bits per heavy atom. The molecule has 25 heavy (non-hydrogen) atoms. The molecule has 4 aromatic rings. The Morgan fingerprint density at radius 1 is 1.12 bits per heavy atom. The van der Waals surface area contributed by atoms with Gasteiger partial charge in [-0.2, -0.15) is 0 Å². The van der Waals surface area contributed by atoms with Gasteiger partial charge in [0.2, 0.25) is 0 Å². The second-order valence-corrected chi connectivity index (χ2v) is 7.15. The predicted molar refractivity (Wildman–Crippen MR) is 102 cm³/mol. The highest BCUT2D eigenvalue weighted by Crippen LogP contribution is 2.26. The van der Waals surface area contributed by atoms with E-state index in [1.54, 1.807) is 12.1 Å². The molecule has 2 aromatic carbocycles. The molecule has 1 N–H and O–H groups in total. The number of halogens is 1. The lowest BCUT2D eigenvalue weighted by atomic mass is 10.2. The first-order chi connectivity index (χ1) is 12.2. The van der Waals surface area contributed by atoms with Gasteiger partial charge < -0.3 is 9.88 Å². The molecular weight excluding hydrogens is 354 g/mol. The van der Waals surface area contributed by atoms with E-state index in [9.17, 15) is 4.79 Å². The number of fused-ring (bicyclic) bond motifs is 1. The summed E-state index contributed by atoms with van der Waals surface area (Å²) < 4.78 is 3.51. The van der Waals surface area contributed by atoms with Crippen molar-refractivity contribution >= 4 is 39.1 Å². The van der Waals surface area contributed by atoms with E-state index in [1.807, 2.05) is 54.7 Å². The molecule has 2 heterocycles. The fourth-order valence-corrected chi connectivity index (χ4v) is 3.73. The van der Waals surface area contributed by atoms with Crippen LogP contribution in [0, 0.1) is 0 Å². The topological polar surface area (TPSA) is 46.9 Å². The lowest BCUT2D eigenvalue weighted by Gasteiger charge is -2.10. The van der Waals surface area contributed by atoms with Crippen molar-refractivity contribution in [2.75, 3.05) is 0 Å². The maximum Gasteiger partial charge on any atom is 0.251 e. The number of carbonyl (C=O) groups excluding carboxylic acids is 1. The maximum absolute atomic E-state index is 12.5. The van der Waals surface area contributed by atoms with E-state index in [2.05, 4.69) is 14.9 Å². The van der Waals surface area contributed by atoms with E-state index in [1.165, 1.54) is 11.3 Å². The molecule has 2 aromatic heterocycles. The molecule has 0 saturated carbocycles. The number of hydrogen-bond acceptors (Lipinski definition) is 3. The number of nitrogens with one attached hydrogen (secondary N) is 1. The number of carbonyl (C=O) groups is 1. The first-order valence-electron chi connectivity index (χ1n) is 7.77. The second kappa shape index (κ2) is 6.70. The van der Waals surface area contributed by atoms with Crippen LogP contribution in [0.25, 0.3) is 15.9 Å². The summed E-state index contributed by atoms with van der Waals surface area (Å²) in [6.45, 7) is 0.441. The van der Waals surface area contributed by atoms with E-state index >= 15 is 0 Å². The number of benzene rings is 2. The van der Waals surface area contributed by atoms with E-state index in [0.717, 1.165) is 21.6 Å². The number of rotatable bonds is 4. The van der Waals surface area contributed by atoms with Crippen LogP contribution in [0.4, 0.5) is 0 Å². The Labute approximate surface area is 153 Å². The van der Waals surface area contributed by atoms with Crippen LogP contribution >= 0.6 is 22.9 Å². The summed E-state index contributed by atoms with van der Waals surface area (Å²) in [7, 11) is 0. The molecule has 1 amide bonds. The maximum atomic E-state index is 12.5. The lowest BCUT2D eigenvalue weighted by molar-refractivity contribution is 0.0950. The second-order valence-electron chi connectivity index (χ2n) is 5.54. The van der Waals surface area contributed by atoms with Gasteiger partial charge in [0, 0.05) is 23.1 Å². The third-order valence-electron chi connectivity index (χ3n) is 3.92. The Morgan fingerprint density at radius 3 is 2.80 bits per heavy atom. The summed E-state index contributed by atoms with van der Waals surface area (Å²) >= 11 is 7.33. The van der Waals surface area contributed by atoms with Crippen molar-refractivity contribution in [2.45, 2.75) is 6.54 Å². The fourth-order valence-electron chi connectivity index (χ4n) is 2.71. The SMILES string of the molecule is O=C(NCc1cccn1-c1ccccc1)c1ccc2sc(Cl)nc2c1. The third kappa shape index (κ3) is 3.29. The quantitative estimate of drug-likeness (QED) is 0.569. The lowest BCUT2D eigenvalue weighted by Crippen LogP contribution is -2.23. The summed E-state index contributed by atoms with van der Waals surface area (Å²) in [5.41, 5.74) is 3.40. The summed E-state index contributed by atoms with van der Waals surface area (Å²) in [4.78, 5) is 16.7. The standard InChI is InChI=1S/C19H14ClN3OS/c20-19-22-16-11-13(8-9-17(16)25-19)18(24)21-12-15-7-4-10-23(15)14-5-2-1-3-6-14/h1-11H,12H2,(H,21,24). The van der Waals surface area contributed by atoms with Gasteiger partial charge in [-0.3, -0.25) is 4.79 Å². The molecule has 0 radical (unpaired) electrons. The highest BCUT2D eigenvalue weighted by Gasteiger charge is 2.10. The molecule has 0 saturated heterocycles. The van der Waals surface area contributed by atoms with E-state index in [-0.39, 0.29) is 5.91 Å². The van der Waals surface area contributed by atoms with Gasteiger partial charge in [0.25, 0.3) is 5.91 Å². The number of thiazole rings is 1. The zero-order valence-corrected chi connectivity index (χ0v) is 14.7. The summed E-state index contributed by atoms with van der Waals surface area (Å²) in [5.74, 6) is -0.133. The largest absolute Gasteiger partial charge is 0.346 e. The average Bonchev–Trinajstić information content (AvgIpc) is 3.24. The molecule has 0 fully saturated rings. The average molecular weight is 368 g/mol. The molecule has 0 aliphatic heterocycles. The minimum Gasteiger partial charge on any atom is -0.346 e. The van der Waals surface area contributed by atoms with Gasteiger partial charge in [-0.1, -0.05) is 29.8 Å². The van der Waals surface area contributed by atoms with E-state index < -0.39 is 0 Å². The van der Waals surface area contributed by atoms with Crippen LogP contribution in [-0.4, -0.2) is 15.5 Å². The minimum absolute atomic E-state index is 0.133. The first-order valence-corrected chi connectivity index (χ1v) is 8.96. The van der Waals surface area contributed by atoms with Gasteiger partial charge >= 0.3 is 0 Å². The van der Waals surface area contributed by atoms with Crippen molar-refractivity contribution in [1.29, 1.82) is 0 Å². The molecular formula is C19H14ClN3OS. The fraction of sp³-hybridized carbons (Fsp3) is 0.0526. The molecule has 0 spiro atoms. The summed E-state index contributed by atoms with van der Waals surface area (Å²) in [6, 6.07) is 19.4. The van der Waals surface area contributed by atoms with Crippen LogP contribution in [0.2, 0.25) is 4.47 Å². The monoisotopic (exact) mass is 367 g/mol. The minimum atomic E-state index is -0.133. The Balaban J connectivity index is 1.51. The normalized spacial score (nSPS) is 10.9. The van der Waals surface area contributed by atoms with Crippen LogP contribution in [-0.2, 0) is 6.54 Å². The number of para-hydroxylation sites is 1. The van der Waals surface area contributed by atoms with Gasteiger partial charge in [0.05, 0.1) is 16.8 Å². The molecule has 0 unspecified atom stereocenters. The molecule has 0 atom stereocenters. The molecule has 6 heteroatoms. The van der Waals surface area contributed by atoms with Crippen molar-refractivity contribution in [3.63, 3.8) is 0 Å². The molecule has 0 bridgehead atoms. The van der Waals surface area contributed by atoms with Crippen LogP contribution in [0.1, 0.15) is 16.1 Å². The number of nitrogens with zero attached hydrogens (tertiary/aromatic N) is 2. The first kappa shape index (κ1) is 15.9. The van der Waals surface area contributed by atoms with Crippen molar-refractivity contribution in [1.82, 2.24) is 14.9 Å².